The highest BCUT2D eigenvalue weighted by molar-refractivity contribution is 7.91. The molecular formula is C11H23NO2S. The van der Waals surface area contributed by atoms with E-state index < -0.39 is 9.84 Å². The van der Waals surface area contributed by atoms with Crippen LogP contribution in [0, 0.1) is 5.92 Å². The Labute approximate surface area is 93.8 Å². The summed E-state index contributed by atoms with van der Waals surface area (Å²) in [6.45, 7) is 7.93. The van der Waals surface area contributed by atoms with E-state index in [4.69, 9.17) is 0 Å². The quantitative estimate of drug-likeness (QED) is 0.739. The van der Waals surface area contributed by atoms with Crippen molar-refractivity contribution in [1.82, 2.24) is 4.90 Å². The van der Waals surface area contributed by atoms with E-state index in [2.05, 4.69) is 18.7 Å². The molecular weight excluding hydrogens is 210 g/mol. The summed E-state index contributed by atoms with van der Waals surface area (Å²) in [7, 11) is -2.80. The van der Waals surface area contributed by atoms with Gasteiger partial charge in [0, 0.05) is 24.9 Å². The Balaban J connectivity index is 2.43. The van der Waals surface area contributed by atoms with Crippen LogP contribution >= 0.6 is 0 Å². The molecule has 0 N–H and O–H groups in total. The van der Waals surface area contributed by atoms with Crippen LogP contribution < -0.4 is 0 Å². The highest BCUT2D eigenvalue weighted by atomic mass is 32.2. The number of rotatable bonds is 4. The van der Waals surface area contributed by atoms with Gasteiger partial charge in [0.25, 0.3) is 0 Å². The van der Waals surface area contributed by atoms with Crippen LogP contribution in [0.15, 0.2) is 0 Å². The van der Waals surface area contributed by atoms with E-state index >= 15 is 0 Å². The maximum Gasteiger partial charge on any atom is 0.151 e. The minimum absolute atomic E-state index is 0.269. The zero-order valence-electron chi connectivity index (χ0n) is 10.1. The van der Waals surface area contributed by atoms with Crippen molar-refractivity contribution < 1.29 is 8.42 Å². The fraction of sp³-hybridized carbons (Fsp3) is 1.00. The van der Waals surface area contributed by atoms with Crippen LogP contribution in [0.4, 0.5) is 0 Å². The van der Waals surface area contributed by atoms with Crippen molar-refractivity contribution in [1.29, 1.82) is 0 Å². The van der Waals surface area contributed by atoms with Gasteiger partial charge in [-0.15, -0.1) is 0 Å². The largest absolute Gasteiger partial charge is 0.299 e. The first-order chi connectivity index (χ1) is 6.94. The molecule has 0 bridgehead atoms. The molecule has 1 heterocycles. The molecule has 0 amide bonds. The molecule has 0 aromatic carbocycles. The van der Waals surface area contributed by atoms with E-state index in [1.54, 1.807) is 6.92 Å². The summed E-state index contributed by atoms with van der Waals surface area (Å²) in [5.74, 6) is 1.30. The average molecular weight is 233 g/mol. The van der Waals surface area contributed by atoms with Crippen LogP contribution in [0.1, 0.15) is 33.6 Å². The van der Waals surface area contributed by atoms with Crippen molar-refractivity contribution in [2.45, 2.75) is 39.7 Å². The molecule has 1 aliphatic rings. The Morgan fingerprint density at radius 1 is 1.27 bits per heavy atom. The second kappa shape index (κ2) is 5.30. The van der Waals surface area contributed by atoms with E-state index in [0.717, 1.165) is 6.54 Å². The summed E-state index contributed by atoms with van der Waals surface area (Å²) in [5, 5.41) is 0. The van der Waals surface area contributed by atoms with Crippen molar-refractivity contribution >= 4 is 9.84 Å². The third kappa shape index (κ3) is 4.11. The smallest absolute Gasteiger partial charge is 0.151 e. The SMILES string of the molecule is CCS(=O)(=O)CCN1CC(C)CCC1C. The number of hydrogen-bond acceptors (Lipinski definition) is 3. The summed E-state index contributed by atoms with van der Waals surface area (Å²) in [6.07, 6.45) is 2.48. The van der Waals surface area contributed by atoms with Gasteiger partial charge in [-0.25, -0.2) is 8.42 Å². The van der Waals surface area contributed by atoms with E-state index in [0.29, 0.717) is 24.3 Å². The molecule has 0 radical (unpaired) electrons. The van der Waals surface area contributed by atoms with Gasteiger partial charge in [-0.1, -0.05) is 13.8 Å². The number of likely N-dealkylation sites (tertiary alicyclic amines) is 1. The van der Waals surface area contributed by atoms with Crippen LogP contribution in [0.5, 0.6) is 0 Å². The van der Waals surface area contributed by atoms with E-state index in [1.165, 1.54) is 12.8 Å². The Morgan fingerprint density at radius 2 is 1.93 bits per heavy atom. The fourth-order valence-corrected chi connectivity index (χ4v) is 2.89. The number of nitrogens with zero attached hydrogens (tertiary/aromatic N) is 1. The summed E-state index contributed by atoms with van der Waals surface area (Å²) in [6, 6.07) is 0.549. The van der Waals surface area contributed by atoms with Gasteiger partial charge in [0.2, 0.25) is 0 Å². The Morgan fingerprint density at radius 3 is 2.53 bits per heavy atom. The molecule has 4 heteroatoms. The molecule has 0 aliphatic carbocycles. The lowest BCUT2D eigenvalue weighted by atomic mass is 9.95. The van der Waals surface area contributed by atoms with E-state index in [9.17, 15) is 8.42 Å². The van der Waals surface area contributed by atoms with Gasteiger partial charge in [-0.05, 0) is 25.7 Å². The third-order valence-corrected chi connectivity index (χ3v) is 5.06. The minimum Gasteiger partial charge on any atom is -0.299 e. The average Bonchev–Trinajstić information content (AvgIpc) is 2.20. The molecule has 0 spiro atoms. The lowest BCUT2D eigenvalue weighted by molar-refractivity contribution is 0.133. The van der Waals surface area contributed by atoms with Gasteiger partial charge in [0.05, 0.1) is 5.75 Å². The first kappa shape index (κ1) is 13.0. The molecule has 0 saturated carbocycles. The minimum atomic E-state index is -2.80. The predicted molar refractivity (Wildman–Crippen MR) is 63.8 cm³/mol. The van der Waals surface area contributed by atoms with Gasteiger partial charge in [-0.2, -0.15) is 0 Å². The highest BCUT2D eigenvalue weighted by Gasteiger charge is 2.23. The molecule has 1 aliphatic heterocycles. The van der Waals surface area contributed by atoms with Crippen molar-refractivity contribution in [3.05, 3.63) is 0 Å². The molecule has 15 heavy (non-hydrogen) atoms. The molecule has 3 nitrogen and oxygen atoms in total. The molecule has 0 aromatic rings. The molecule has 2 unspecified atom stereocenters. The van der Waals surface area contributed by atoms with Crippen molar-refractivity contribution in [3.8, 4) is 0 Å². The highest BCUT2D eigenvalue weighted by Crippen LogP contribution is 2.20. The molecule has 1 fully saturated rings. The molecule has 0 aromatic heterocycles. The topological polar surface area (TPSA) is 37.4 Å². The van der Waals surface area contributed by atoms with Crippen LogP contribution in [0.3, 0.4) is 0 Å². The summed E-state index contributed by atoms with van der Waals surface area (Å²) in [4.78, 5) is 2.32. The van der Waals surface area contributed by atoms with Gasteiger partial charge in [-0.3, -0.25) is 4.90 Å². The summed E-state index contributed by atoms with van der Waals surface area (Å²) in [5.41, 5.74) is 0. The Bertz CT molecular complexity index is 287. The standard InChI is InChI=1S/C11H23NO2S/c1-4-15(13,14)8-7-12-9-10(2)5-6-11(12)3/h10-11H,4-9H2,1-3H3. The predicted octanol–water partition coefficient (Wildman–Crippen LogP) is 1.54. The van der Waals surface area contributed by atoms with Crippen molar-refractivity contribution in [2.24, 2.45) is 5.92 Å². The molecule has 2 atom stereocenters. The second-order valence-corrected chi connectivity index (χ2v) is 7.24. The number of hydrogen-bond donors (Lipinski definition) is 0. The summed E-state index contributed by atoms with van der Waals surface area (Å²) >= 11 is 0. The monoisotopic (exact) mass is 233 g/mol. The second-order valence-electron chi connectivity index (χ2n) is 4.76. The van der Waals surface area contributed by atoms with E-state index in [1.807, 2.05) is 0 Å². The zero-order chi connectivity index (χ0) is 11.5. The van der Waals surface area contributed by atoms with Crippen LogP contribution in [0.25, 0.3) is 0 Å². The first-order valence-electron chi connectivity index (χ1n) is 5.89. The Hall–Kier alpha value is -0.0900. The van der Waals surface area contributed by atoms with Gasteiger partial charge in [0.15, 0.2) is 9.84 Å². The number of piperidine rings is 1. The van der Waals surface area contributed by atoms with Crippen LogP contribution in [-0.4, -0.2) is 44.0 Å². The van der Waals surface area contributed by atoms with Crippen molar-refractivity contribution in [2.75, 3.05) is 24.6 Å². The molecule has 90 valence electrons. The van der Waals surface area contributed by atoms with Gasteiger partial charge < -0.3 is 0 Å². The summed E-state index contributed by atoms with van der Waals surface area (Å²) < 4.78 is 22.8. The zero-order valence-corrected chi connectivity index (χ0v) is 10.9. The maximum atomic E-state index is 11.4. The van der Waals surface area contributed by atoms with Crippen LogP contribution in [-0.2, 0) is 9.84 Å². The van der Waals surface area contributed by atoms with Gasteiger partial charge in [0.1, 0.15) is 0 Å². The maximum absolute atomic E-state index is 11.4. The van der Waals surface area contributed by atoms with E-state index in [-0.39, 0.29) is 5.75 Å². The number of sulfone groups is 1. The van der Waals surface area contributed by atoms with Crippen molar-refractivity contribution in [3.63, 3.8) is 0 Å². The fourth-order valence-electron chi connectivity index (χ4n) is 2.09. The normalized spacial score (nSPS) is 29.3. The first-order valence-corrected chi connectivity index (χ1v) is 7.71. The molecule has 1 saturated heterocycles. The van der Waals surface area contributed by atoms with Gasteiger partial charge >= 0.3 is 0 Å². The van der Waals surface area contributed by atoms with Crippen LogP contribution in [0.2, 0.25) is 0 Å². The third-order valence-electron chi connectivity index (χ3n) is 3.38. The Kier molecular flexibility index (Phi) is 4.59. The lowest BCUT2D eigenvalue weighted by Gasteiger charge is -2.36. The lowest BCUT2D eigenvalue weighted by Crippen LogP contribution is -2.43. The molecule has 1 rings (SSSR count).